The maximum Gasteiger partial charge on any atom is 0.236 e. The Balaban J connectivity index is 0.00000289. The van der Waals surface area contributed by atoms with Crippen molar-refractivity contribution in [3.8, 4) is 5.75 Å². The van der Waals surface area contributed by atoms with Crippen molar-refractivity contribution in [3.63, 3.8) is 0 Å². The Labute approximate surface area is 114 Å². The average molecular weight is 273 g/mol. The molecule has 0 aromatic heterocycles. The molecule has 0 heterocycles. The number of amides is 1. The minimum Gasteiger partial charge on any atom is -0.497 e. The maximum absolute atomic E-state index is 11.4. The van der Waals surface area contributed by atoms with Gasteiger partial charge in [-0.25, -0.2) is 0 Å². The Morgan fingerprint density at radius 3 is 2.83 bits per heavy atom. The van der Waals surface area contributed by atoms with Crippen molar-refractivity contribution in [2.24, 2.45) is 5.73 Å². The Morgan fingerprint density at radius 1 is 1.50 bits per heavy atom. The third-order valence-electron chi connectivity index (χ3n) is 2.62. The predicted octanol–water partition coefficient (Wildman–Crippen LogP) is 1.51. The summed E-state index contributed by atoms with van der Waals surface area (Å²) in [4.78, 5) is 11.4. The molecule has 1 amide bonds. The van der Waals surface area contributed by atoms with Crippen molar-refractivity contribution in [2.45, 2.75) is 25.8 Å². The van der Waals surface area contributed by atoms with Gasteiger partial charge in [0.2, 0.25) is 5.91 Å². The number of rotatable bonds is 6. The van der Waals surface area contributed by atoms with Crippen LogP contribution in [0.15, 0.2) is 24.3 Å². The van der Waals surface area contributed by atoms with Crippen molar-refractivity contribution in [1.29, 1.82) is 0 Å². The van der Waals surface area contributed by atoms with Crippen molar-refractivity contribution in [2.75, 3.05) is 13.7 Å². The van der Waals surface area contributed by atoms with E-state index in [0.29, 0.717) is 13.0 Å². The van der Waals surface area contributed by atoms with Gasteiger partial charge < -0.3 is 15.8 Å². The predicted molar refractivity (Wildman–Crippen MR) is 75.2 cm³/mol. The zero-order chi connectivity index (χ0) is 12.7. The minimum absolute atomic E-state index is 0. The van der Waals surface area contributed by atoms with Crippen LogP contribution in [0.5, 0.6) is 5.75 Å². The summed E-state index contributed by atoms with van der Waals surface area (Å²) in [6.45, 7) is 2.49. The number of benzene rings is 1. The number of nitrogens with two attached hydrogens (primary N) is 1. The lowest BCUT2D eigenvalue weighted by atomic mass is 10.1. The minimum atomic E-state index is -0.402. The number of hydrogen-bond acceptors (Lipinski definition) is 3. The molecule has 0 aliphatic carbocycles. The lowest BCUT2D eigenvalue weighted by molar-refractivity contribution is -0.122. The van der Waals surface area contributed by atoms with E-state index in [0.717, 1.165) is 17.7 Å². The van der Waals surface area contributed by atoms with E-state index in [2.05, 4.69) is 5.32 Å². The molecule has 1 atom stereocenters. The largest absolute Gasteiger partial charge is 0.497 e. The van der Waals surface area contributed by atoms with Gasteiger partial charge in [-0.05, 0) is 30.5 Å². The van der Waals surface area contributed by atoms with Crippen molar-refractivity contribution < 1.29 is 9.53 Å². The summed E-state index contributed by atoms with van der Waals surface area (Å²) < 4.78 is 5.13. The number of ether oxygens (including phenoxy) is 1. The zero-order valence-electron chi connectivity index (χ0n) is 10.8. The zero-order valence-corrected chi connectivity index (χ0v) is 11.6. The molecule has 5 heteroatoms. The van der Waals surface area contributed by atoms with Crippen molar-refractivity contribution in [1.82, 2.24) is 5.32 Å². The molecule has 0 saturated heterocycles. The molecule has 4 nitrogen and oxygen atoms in total. The summed E-state index contributed by atoms with van der Waals surface area (Å²) in [6, 6.07) is 7.41. The Hall–Kier alpha value is -1.26. The molecule has 3 N–H and O–H groups in total. The van der Waals surface area contributed by atoms with Crippen LogP contribution in [0.4, 0.5) is 0 Å². The highest BCUT2D eigenvalue weighted by Gasteiger charge is 2.09. The van der Waals surface area contributed by atoms with Gasteiger partial charge >= 0.3 is 0 Å². The van der Waals surface area contributed by atoms with E-state index in [4.69, 9.17) is 10.5 Å². The van der Waals surface area contributed by atoms with Crippen LogP contribution < -0.4 is 15.8 Å². The van der Waals surface area contributed by atoms with E-state index >= 15 is 0 Å². The number of carbonyl (C=O) groups excluding carboxylic acids is 1. The van der Waals surface area contributed by atoms with E-state index in [9.17, 15) is 4.79 Å². The monoisotopic (exact) mass is 272 g/mol. The smallest absolute Gasteiger partial charge is 0.236 e. The second kappa shape index (κ2) is 8.78. The standard InChI is InChI=1S/C13H20N2O2.ClH/c1-3-12(14)13(16)15-8-7-10-5-4-6-11(9-10)17-2;/h4-6,9,12H,3,7-8,14H2,1-2H3,(H,15,16);1H/t12-;/m0./s1. The van der Waals surface area contributed by atoms with Gasteiger partial charge in [-0.3, -0.25) is 4.79 Å². The first kappa shape index (κ1) is 16.7. The molecule has 0 unspecified atom stereocenters. The van der Waals surface area contributed by atoms with Crippen LogP contribution in [-0.4, -0.2) is 25.6 Å². The van der Waals surface area contributed by atoms with E-state index in [1.54, 1.807) is 7.11 Å². The van der Waals surface area contributed by atoms with Crippen molar-refractivity contribution in [3.05, 3.63) is 29.8 Å². The first-order valence-electron chi connectivity index (χ1n) is 5.83. The summed E-state index contributed by atoms with van der Waals surface area (Å²) >= 11 is 0. The van der Waals surface area contributed by atoms with Crippen LogP contribution >= 0.6 is 12.4 Å². The van der Waals surface area contributed by atoms with E-state index < -0.39 is 6.04 Å². The van der Waals surface area contributed by atoms with E-state index in [1.807, 2.05) is 31.2 Å². The second-order valence-corrected chi connectivity index (χ2v) is 3.91. The molecule has 0 bridgehead atoms. The molecule has 1 aromatic rings. The summed E-state index contributed by atoms with van der Waals surface area (Å²) in [5.41, 5.74) is 6.74. The van der Waals surface area contributed by atoms with Gasteiger partial charge in [0.1, 0.15) is 5.75 Å². The highest BCUT2D eigenvalue weighted by molar-refractivity contribution is 5.85. The number of carbonyl (C=O) groups is 1. The molecular formula is C13H21ClN2O2. The molecule has 0 aliphatic rings. The average Bonchev–Trinajstić information content (AvgIpc) is 2.37. The highest BCUT2D eigenvalue weighted by Crippen LogP contribution is 2.12. The fraction of sp³-hybridized carbons (Fsp3) is 0.462. The van der Waals surface area contributed by atoms with Gasteiger partial charge in [0.25, 0.3) is 0 Å². The van der Waals surface area contributed by atoms with Gasteiger partial charge in [0, 0.05) is 6.54 Å². The fourth-order valence-electron chi connectivity index (χ4n) is 1.47. The number of hydrogen-bond donors (Lipinski definition) is 2. The van der Waals surface area contributed by atoms with Gasteiger partial charge in [0.15, 0.2) is 0 Å². The summed E-state index contributed by atoms with van der Waals surface area (Å²) in [6.07, 6.45) is 1.43. The van der Waals surface area contributed by atoms with Crippen LogP contribution in [0.3, 0.4) is 0 Å². The molecule has 0 aliphatic heterocycles. The Bertz CT molecular complexity index is 372. The van der Waals surface area contributed by atoms with E-state index in [-0.39, 0.29) is 18.3 Å². The van der Waals surface area contributed by atoms with Gasteiger partial charge in [-0.1, -0.05) is 19.1 Å². The lowest BCUT2D eigenvalue weighted by Crippen LogP contribution is -2.40. The molecule has 0 spiro atoms. The van der Waals surface area contributed by atoms with Gasteiger partial charge in [-0.2, -0.15) is 0 Å². The third-order valence-corrected chi connectivity index (χ3v) is 2.62. The van der Waals surface area contributed by atoms with Gasteiger partial charge in [-0.15, -0.1) is 12.4 Å². The first-order chi connectivity index (χ1) is 8.17. The quantitative estimate of drug-likeness (QED) is 0.825. The van der Waals surface area contributed by atoms with Crippen LogP contribution in [0.2, 0.25) is 0 Å². The molecule has 1 rings (SSSR count). The number of methoxy groups -OCH3 is 1. The topological polar surface area (TPSA) is 64.4 Å². The molecule has 102 valence electrons. The summed E-state index contributed by atoms with van der Waals surface area (Å²) in [5.74, 6) is 0.745. The number of halogens is 1. The van der Waals surface area contributed by atoms with Crippen LogP contribution in [0.25, 0.3) is 0 Å². The van der Waals surface area contributed by atoms with Crippen molar-refractivity contribution >= 4 is 18.3 Å². The van der Waals surface area contributed by atoms with Gasteiger partial charge in [0.05, 0.1) is 13.2 Å². The maximum atomic E-state index is 11.4. The molecule has 18 heavy (non-hydrogen) atoms. The highest BCUT2D eigenvalue weighted by atomic mass is 35.5. The normalized spacial score (nSPS) is 11.3. The number of nitrogens with one attached hydrogen (secondary N) is 1. The molecule has 0 fully saturated rings. The summed E-state index contributed by atoms with van der Waals surface area (Å²) in [7, 11) is 1.64. The molecule has 0 radical (unpaired) electrons. The molecule has 1 aromatic carbocycles. The van der Waals surface area contributed by atoms with Crippen LogP contribution in [-0.2, 0) is 11.2 Å². The fourth-order valence-corrected chi connectivity index (χ4v) is 1.47. The molecule has 0 saturated carbocycles. The second-order valence-electron chi connectivity index (χ2n) is 3.91. The summed E-state index contributed by atoms with van der Waals surface area (Å²) in [5, 5.41) is 2.81. The third kappa shape index (κ3) is 5.38. The van der Waals surface area contributed by atoms with E-state index in [1.165, 1.54) is 0 Å². The van der Waals surface area contributed by atoms with Crippen LogP contribution in [0.1, 0.15) is 18.9 Å². The Kier molecular flexibility index (Phi) is 8.16. The lowest BCUT2D eigenvalue weighted by Gasteiger charge is -2.10. The SMILES string of the molecule is CC[C@H](N)C(=O)NCCc1cccc(OC)c1.Cl. The Morgan fingerprint density at radius 2 is 2.22 bits per heavy atom. The van der Waals surface area contributed by atoms with Crippen LogP contribution in [0, 0.1) is 0 Å². The first-order valence-corrected chi connectivity index (χ1v) is 5.83. The molecular weight excluding hydrogens is 252 g/mol.